The number of benzene rings is 3. The van der Waals surface area contributed by atoms with E-state index in [4.69, 9.17) is 0 Å². The number of hydrogen-bond donors (Lipinski definition) is 2. The van der Waals surface area contributed by atoms with Gasteiger partial charge in [0.05, 0.1) is 16.9 Å². The van der Waals surface area contributed by atoms with E-state index in [1.807, 2.05) is 23.9 Å². The molecule has 0 bridgehead atoms. The lowest BCUT2D eigenvalue weighted by Crippen LogP contribution is -2.28. The smallest absolute Gasteiger partial charge is 0.264 e. The van der Waals surface area contributed by atoms with Gasteiger partial charge in [0, 0.05) is 57.3 Å². The van der Waals surface area contributed by atoms with Crippen LogP contribution in [0.3, 0.4) is 0 Å². The Morgan fingerprint density at radius 3 is 2.03 bits per heavy atom. The number of nitrogens with zero attached hydrogens (tertiary/aromatic N) is 2. The average Bonchev–Trinajstić information content (AvgIpc) is 3.51. The minimum Gasteiger partial charge on any atom is -0.344 e. The first kappa shape index (κ1) is 44.8. The van der Waals surface area contributed by atoms with Crippen molar-refractivity contribution in [3.05, 3.63) is 136 Å². The van der Waals surface area contributed by atoms with E-state index in [0.717, 1.165) is 42.0 Å². The number of rotatable bonds is 15. The molecule has 0 atom stereocenters. The van der Waals surface area contributed by atoms with E-state index in [1.54, 1.807) is 0 Å². The van der Waals surface area contributed by atoms with Gasteiger partial charge >= 0.3 is 0 Å². The Labute approximate surface area is 357 Å². The van der Waals surface area contributed by atoms with Crippen molar-refractivity contribution >= 4 is 49.1 Å². The minimum atomic E-state index is -4.02. The lowest BCUT2D eigenvalue weighted by atomic mass is 9.81. The fourth-order valence-corrected chi connectivity index (χ4v) is 11.0. The molecule has 0 saturated heterocycles. The third-order valence-electron chi connectivity index (χ3n) is 12.0. The topological polar surface area (TPSA) is 115 Å². The summed E-state index contributed by atoms with van der Waals surface area (Å²) in [4.78, 5) is 4.74. The predicted octanol–water partition coefficient (Wildman–Crippen LogP) is 11.1. The molecule has 2 N–H and O–H groups in total. The molecule has 11 heteroatoms. The van der Waals surface area contributed by atoms with Crippen LogP contribution in [0.25, 0.3) is 0 Å². The molecule has 8 nitrogen and oxygen atoms in total. The summed E-state index contributed by atoms with van der Waals surface area (Å²) in [5, 5.41) is 0. The molecule has 0 fully saturated rings. The second kappa shape index (κ2) is 17.7. The van der Waals surface area contributed by atoms with Crippen LogP contribution in [0.15, 0.2) is 124 Å². The molecule has 2 aliphatic heterocycles. The van der Waals surface area contributed by atoms with Gasteiger partial charge in [-0.05, 0) is 104 Å². The summed E-state index contributed by atoms with van der Waals surface area (Å²) in [6, 6.07) is 25.8. The second-order valence-corrected chi connectivity index (χ2v) is 22.3. The fourth-order valence-electron chi connectivity index (χ4n) is 8.72. The molecule has 316 valence electrons. The van der Waals surface area contributed by atoms with Gasteiger partial charge in [0.2, 0.25) is 5.69 Å². The van der Waals surface area contributed by atoms with Crippen LogP contribution >= 0.6 is 11.8 Å². The Morgan fingerprint density at radius 2 is 1.37 bits per heavy atom. The normalized spacial score (nSPS) is 19.4. The van der Waals surface area contributed by atoms with Crippen molar-refractivity contribution in [1.29, 1.82) is 0 Å². The van der Waals surface area contributed by atoms with E-state index < -0.39 is 20.2 Å². The second-order valence-electron chi connectivity index (χ2n) is 18.1. The number of hydrogen-bond acceptors (Lipinski definition) is 6. The van der Waals surface area contributed by atoms with Crippen molar-refractivity contribution in [2.75, 3.05) is 29.5 Å². The number of para-hydroxylation sites is 2. The highest BCUT2D eigenvalue weighted by Crippen LogP contribution is 2.49. The third-order valence-corrected chi connectivity index (χ3v) is 14.8. The first-order valence-electron chi connectivity index (χ1n) is 20.8. The Kier molecular flexibility index (Phi) is 13.4. The molecule has 0 amide bonds. The van der Waals surface area contributed by atoms with Crippen LogP contribution in [-0.4, -0.2) is 60.8 Å². The molecule has 3 aliphatic rings. The summed E-state index contributed by atoms with van der Waals surface area (Å²) >= 11 is 1.81. The molecular formula is C48H61N2O6S3+. The molecule has 0 unspecified atom stereocenters. The average molecular weight is 858 g/mol. The zero-order valence-corrected chi connectivity index (χ0v) is 38.1. The predicted molar refractivity (Wildman–Crippen MR) is 245 cm³/mol. The molecule has 1 aliphatic carbocycles. The van der Waals surface area contributed by atoms with Crippen LogP contribution in [0.5, 0.6) is 0 Å². The Hall–Kier alpha value is -3.74. The summed E-state index contributed by atoms with van der Waals surface area (Å²) in [5.41, 5.74) is 10.4. The van der Waals surface area contributed by atoms with Crippen molar-refractivity contribution in [2.24, 2.45) is 0 Å². The van der Waals surface area contributed by atoms with E-state index in [2.05, 4.69) is 143 Å². The third kappa shape index (κ3) is 10.6. The fraction of sp³-hybridized carbons (Fsp3) is 0.438. The van der Waals surface area contributed by atoms with Crippen LogP contribution in [0.4, 0.5) is 11.4 Å². The molecular weight excluding hydrogens is 797 g/mol. The Bertz CT molecular complexity index is 2430. The van der Waals surface area contributed by atoms with Crippen molar-refractivity contribution in [2.45, 2.75) is 115 Å². The highest BCUT2D eigenvalue weighted by atomic mass is 32.2. The zero-order chi connectivity index (χ0) is 42.8. The van der Waals surface area contributed by atoms with Gasteiger partial charge in [0.1, 0.15) is 6.54 Å². The van der Waals surface area contributed by atoms with Crippen molar-refractivity contribution in [3.8, 4) is 0 Å². The van der Waals surface area contributed by atoms with E-state index in [9.17, 15) is 25.9 Å². The maximum absolute atomic E-state index is 11.5. The summed E-state index contributed by atoms with van der Waals surface area (Å²) in [5.74, 6) is -0.497. The van der Waals surface area contributed by atoms with Gasteiger partial charge < -0.3 is 4.90 Å². The first-order valence-corrected chi connectivity index (χ1v) is 24.8. The van der Waals surface area contributed by atoms with Gasteiger partial charge in [-0.3, -0.25) is 9.11 Å². The standard InChI is InChI=1S/C48H60N2O6S3/c1-46(2,3)37-25-27-38(28-26-37)57-45-35(23-29-43-47(4,5)39-19-8-10-21-41(39)49(43)31-12-14-33-58(51,52)53)17-16-18-36(45)24-30-44-48(6,7)40-20-9-11-22-42(40)50(44)32-13-15-34-59(54,55)56/h8-11,19-30H,12-18,31-34H2,1-7H3,(H-,51,52,53,54,55,56)/p+1. The maximum atomic E-state index is 11.5. The van der Waals surface area contributed by atoms with E-state index in [-0.39, 0.29) is 27.8 Å². The van der Waals surface area contributed by atoms with Gasteiger partial charge in [0.15, 0.2) is 5.71 Å². The lowest BCUT2D eigenvalue weighted by molar-refractivity contribution is -0.438. The molecule has 0 spiro atoms. The SMILES string of the molecule is CC(C)(C)c1ccc(SC2=C(/C=C/C3=[N+](CCCCS(=O)(=O)O)c4ccccc4C3(C)C)CCC/C2=C\C=C2\N(CCCCS(=O)(=O)O)c3ccccc3C2(C)C)cc1. The van der Waals surface area contributed by atoms with Crippen molar-refractivity contribution in [3.63, 3.8) is 0 Å². The monoisotopic (exact) mass is 857 g/mol. The lowest BCUT2D eigenvalue weighted by Gasteiger charge is -2.27. The van der Waals surface area contributed by atoms with Crippen LogP contribution in [0.2, 0.25) is 0 Å². The number of allylic oxidation sites excluding steroid dienone is 7. The maximum Gasteiger partial charge on any atom is 0.264 e. The summed E-state index contributed by atoms with van der Waals surface area (Å²) in [6.07, 6.45) is 14.0. The molecule has 0 radical (unpaired) electrons. The number of anilines is 1. The highest BCUT2D eigenvalue weighted by Gasteiger charge is 2.44. The van der Waals surface area contributed by atoms with Crippen LogP contribution < -0.4 is 4.90 Å². The highest BCUT2D eigenvalue weighted by molar-refractivity contribution is 8.03. The molecule has 0 saturated carbocycles. The van der Waals surface area contributed by atoms with Gasteiger partial charge in [0.25, 0.3) is 20.2 Å². The minimum absolute atomic E-state index is 0.0451. The quantitative estimate of drug-likeness (QED) is 0.0882. The molecule has 3 aromatic rings. The van der Waals surface area contributed by atoms with Gasteiger partial charge in [-0.2, -0.15) is 21.4 Å². The van der Waals surface area contributed by atoms with Gasteiger partial charge in [-0.25, -0.2) is 0 Å². The van der Waals surface area contributed by atoms with Crippen LogP contribution in [-0.2, 0) is 36.5 Å². The summed E-state index contributed by atoms with van der Waals surface area (Å²) in [7, 11) is -8.04. The van der Waals surface area contributed by atoms with E-state index in [0.29, 0.717) is 38.8 Å². The number of unbranched alkanes of at least 4 members (excludes halogenated alkanes) is 2. The molecule has 2 heterocycles. The molecule has 3 aromatic carbocycles. The Balaban J connectivity index is 1.42. The molecule has 6 rings (SSSR count). The van der Waals surface area contributed by atoms with Crippen molar-refractivity contribution in [1.82, 2.24) is 0 Å². The first-order chi connectivity index (χ1) is 27.7. The van der Waals surface area contributed by atoms with Crippen LogP contribution in [0, 0.1) is 0 Å². The Morgan fingerprint density at radius 1 is 0.746 bits per heavy atom. The van der Waals surface area contributed by atoms with Crippen LogP contribution in [0.1, 0.15) is 110 Å². The summed E-state index contributed by atoms with van der Waals surface area (Å²) < 4.78 is 67.1. The van der Waals surface area contributed by atoms with E-state index in [1.165, 1.54) is 37.6 Å². The summed E-state index contributed by atoms with van der Waals surface area (Å²) in [6.45, 7) is 17.0. The number of thioether (sulfide) groups is 1. The number of fused-ring (bicyclic) bond motifs is 2. The molecule has 59 heavy (non-hydrogen) atoms. The van der Waals surface area contributed by atoms with E-state index >= 15 is 0 Å². The molecule has 0 aromatic heterocycles. The largest absolute Gasteiger partial charge is 0.344 e. The zero-order valence-electron chi connectivity index (χ0n) is 35.7. The van der Waals surface area contributed by atoms with Gasteiger partial charge in [-0.15, -0.1) is 0 Å². The van der Waals surface area contributed by atoms with Crippen molar-refractivity contribution < 1.29 is 30.5 Å². The van der Waals surface area contributed by atoms with Gasteiger partial charge in [-0.1, -0.05) is 107 Å².